The van der Waals surface area contributed by atoms with Gasteiger partial charge >= 0.3 is 0 Å². The first-order valence-corrected chi connectivity index (χ1v) is 5.29. The lowest BCUT2D eigenvalue weighted by atomic mass is 10.3. The van der Waals surface area contributed by atoms with Crippen molar-refractivity contribution < 1.29 is 9.53 Å². The highest BCUT2D eigenvalue weighted by molar-refractivity contribution is 6.17. The molecule has 1 rings (SSSR count). The highest BCUT2D eigenvalue weighted by atomic mass is 35.5. The van der Waals surface area contributed by atoms with Crippen molar-refractivity contribution in [1.82, 2.24) is 4.90 Å². The third-order valence-corrected chi connectivity index (χ3v) is 2.37. The highest BCUT2D eigenvalue weighted by Crippen LogP contribution is 2.03. The first-order valence-electron chi connectivity index (χ1n) is 4.76. The van der Waals surface area contributed by atoms with Gasteiger partial charge in [-0.1, -0.05) is 0 Å². The lowest BCUT2D eigenvalue weighted by molar-refractivity contribution is -0.131. The molecule has 76 valence electrons. The van der Waals surface area contributed by atoms with Crippen LogP contribution in [-0.4, -0.2) is 43.0 Å². The van der Waals surface area contributed by atoms with Crippen LogP contribution >= 0.6 is 11.6 Å². The van der Waals surface area contributed by atoms with Crippen LogP contribution in [0.4, 0.5) is 0 Å². The SMILES string of the molecule is O=C(CCCCl)N1CCCOCC1. The van der Waals surface area contributed by atoms with Gasteiger partial charge in [0, 0.05) is 32.0 Å². The summed E-state index contributed by atoms with van der Waals surface area (Å²) in [4.78, 5) is 13.4. The number of hydrogen-bond acceptors (Lipinski definition) is 2. The van der Waals surface area contributed by atoms with Crippen molar-refractivity contribution in [2.45, 2.75) is 19.3 Å². The number of carbonyl (C=O) groups excluding carboxylic acids is 1. The largest absolute Gasteiger partial charge is 0.380 e. The van der Waals surface area contributed by atoms with Crippen molar-refractivity contribution in [3.63, 3.8) is 0 Å². The van der Waals surface area contributed by atoms with E-state index in [4.69, 9.17) is 16.3 Å². The predicted molar refractivity (Wildman–Crippen MR) is 52.0 cm³/mol. The van der Waals surface area contributed by atoms with Crippen LogP contribution in [0.2, 0.25) is 0 Å². The maximum atomic E-state index is 11.5. The summed E-state index contributed by atoms with van der Waals surface area (Å²) in [6.07, 6.45) is 2.30. The Balaban J connectivity index is 2.26. The minimum Gasteiger partial charge on any atom is -0.380 e. The molecule has 0 N–H and O–H groups in total. The molecule has 0 atom stereocenters. The Labute approximate surface area is 84.0 Å². The minimum absolute atomic E-state index is 0.214. The molecule has 0 aromatic rings. The number of carbonyl (C=O) groups is 1. The minimum atomic E-state index is 0.214. The van der Waals surface area contributed by atoms with E-state index in [0.29, 0.717) is 18.9 Å². The standard InChI is InChI=1S/C9H16ClNO2/c10-4-1-3-9(12)11-5-2-7-13-8-6-11/h1-8H2. The summed E-state index contributed by atoms with van der Waals surface area (Å²) < 4.78 is 5.26. The van der Waals surface area contributed by atoms with E-state index in [0.717, 1.165) is 32.5 Å². The Morgan fingerprint density at radius 1 is 1.38 bits per heavy atom. The first kappa shape index (κ1) is 10.8. The van der Waals surface area contributed by atoms with Gasteiger partial charge in [0.05, 0.1) is 6.61 Å². The molecule has 0 spiro atoms. The summed E-state index contributed by atoms with van der Waals surface area (Å²) in [6.45, 7) is 3.02. The van der Waals surface area contributed by atoms with E-state index in [9.17, 15) is 4.79 Å². The van der Waals surface area contributed by atoms with Crippen molar-refractivity contribution >= 4 is 17.5 Å². The topological polar surface area (TPSA) is 29.5 Å². The second-order valence-electron chi connectivity index (χ2n) is 3.14. The zero-order valence-corrected chi connectivity index (χ0v) is 8.55. The normalized spacial score (nSPS) is 18.4. The van der Waals surface area contributed by atoms with Gasteiger partial charge in [-0.05, 0) is 12.8 Å². The summed E-state index contributed by atoms with van der Waals surface area (Å²) in [5.74, 6) is 0.780. The zero-order chi connectivity index (χ0) is 9.52. The summed E-state index contributed by atoms with van der Waals surface area (Å²) in [7, 11) is 0. The van der Waals surface area contributed by atoms with Gasteiger partial charge in [-0.3, -0.25) is 4.79 Å². The average Bonchev–Trinajstić information content (AvgIpc) is 2.42. The predicted octanol–water partition coefficient (Wildman–Crippen LogP) is 1.25. The smallest absolute Gasteiger partial charge is 0.222 e. The molecule has 1 heterocycles. The van der Waals surface area contributed by atoms with Crippen molar-refractivity contribution in [2.75, 3.05) is 32.2 Å². The summed E-state index contributed by atoms with van der Waals surface area (Å²) in [5.41, 5.74) is 0. The van der Waals surface area contributed by atoms with Crippen molar-refractivity contribution in [3.8, 4) is 0 Å². The van der Waals surface area contributed by atoms with Gasteiger partial charge in [0.2, 0.25) is 5.91 Å². The van der Waals surface area contributed by atoms with Crippen LogP contribution in [0, 0.1) is 0 Å². The molecular weight excluding hydrogens is 190 g/mol. The van der Waals surface area contributed by atoms with Crippen LogP contribution in [-0.2, 0) is 9.53 Å². The number of nitrogens with zero attached hydrogens (tertiary/aromatic N) is 1. The molecule has 1 amide bonds. The lowest BCUT2D eigenvalue weighted by Gasteiger charge is -2.19. The maximum absolute atomic E-state index is 11.5. The summed E-state index contributed by atoms with van der Waals surface area (Å²) in [6, 6.07) is 0. The van der Waals surface area contributed by atoms with E-state index in [1.165, 1.54) is 0 Å². The molecule has 0 aliphatic carbocycles. The van der Waals surface area contributed by atoms with Crippen LogP contribution in [0.3, 0.4) is 0 Å². The molecule has 1 saturated heterocycles. The van der Waals surface area contributed by atoms with Crippen molar-refractivity contribution in [1.29, 1.82) is 0 Å². The Morgan fingerprint density at radius 3 is 3.00 bits per heavy atom. The summed E-state index contributed by atoms with van der Waals surface area (Å²) in [5, 5.41) is 0. The van der Waals surface area contributed by atoms with Crippen molar-refractivity contribution in [3.05, 3.63) is 0 Å². The van der Waals surface area contributed by atoms with Crippen molar-refractivity contribution in [2.24, 2.45) is 0 Å². The van der Waals surface area contributed by atoms with Gasteiger partial charge in [-0.2, -0.15) is 0 Å². The second kappa shape index (κ2) is 6.22. The Kier molecular flexibility index (Phi) is 5.16. The molecule has 0 bridgehead atoms. The molecule has 0 unspecified atom stereocenters. The fourth-order valence-corrected chi connectivity index (χ4v) is 1.51. The van der Waals surface area contributed by atoms with Crippen LogP contribution in [0.15, 0.2) is 0 Å². The van der Waals surface area contributed by atoms with Crippen LogP contribution in [0.25, 0.3) is 0 Å². The molecule has 0 aromatic carbocycles. The summed E-state index contributed by atoms with van der Waals surface area (Å²) >= 11 is 5.52. The molecule has 0 saturated carbocycles. The molecule has 3 nitrogen and oxygen atoms in total. The van der Waals surface area contributed by atoms with Crippen LogP contribution in [0.1, 0.15) is 19.3 Å². The third-order valence-electron chi connectivity index (χ3n) is 2.10. The average molecular weight is 206 g/mol. The Bertz CT molecular complexity index is 156. The van der Waals surface area contributed by atoms with Gasteiger partial charge in [0.15, 0.2) is 0 Å². The number of alkyl halides is 1. The van der Waals surface area contributed by atoms with E-state index in [2.05, 4.69) is 0 Å². The van der Waals surface area contributed by atoms with E-state index in [1.807, 2.05) is 4.90 Å². The number of halogens is 1. The Hall–Kier alpha value is -0.280. The van der Waals surface area contributed by atoms with Gasteiger partial charge < -0.3 is 9.64 Å². The molecular formula is C9H16ClNO2. The molecule has 4 heteroatoms. The zero-order valence-electron chi connectivity index (χ0n) is 7.80. The first-order chi connectivity index (χ1) is 6.34. The number of amides is 1. The van der Waals surface area contributed by atoms with E-state index in [1.54, 1.807) is 0 Å². The van der Waals surface area contributed by atoms with Gasteiger partial charge in [0.25, 0.3) is 0 Å². The number of ether oxygens (including phenoxy) is 1. The van der Waals surface area contributed by atoms with E-state index < -0.39 is 0 Å². The molecule has 1 fully saturated rings. The third kappa shape index (κ3) is 3.96. The monoisotopic (exact) mass is 205 g/mol. The second-order valence-corrected chi connectivity index (χ2v) is 3.52. The molecule has 0 radical (unpaired) electrons. The molecule has 0 aromatic heterocycles. The van der Waals surface area contributed by atoms with Gasteiger partial charge in [-0.15, -0.1) is 11.6 Å². The quantitative estimate of drug-likeness (QED) is 0.650. The molecule has 13 heavy (non-hydrogen) atoms. The lowest BCUT2D eigenvalue weighted by Crippen LogP contribution is -2.33. The fraction of sp³-hybridized carbons (Fsp3) is 0.889. The van der Waals surface area contributed by atoms with E-state index >= 15 is 0 Å². The number of rotatable bonds is 3. The van der Waals surface area contributed by atoms with Crippen LogP contribution in [0.5, 0.6) is 0 Å². The fourth-order valence-electron chi connectivity index (χ4n) is 1.37. The molecule has 1 aliphatic rings. The van der Waals surface area contributed by atoms with Crippen LogP contribution < -0.4 is 0 Å². The molecule has 1 aliphatic heterocycles. The maximum Gasteiger partial charge on any atom is 0.222 e. The van der Waals surface area contributed by atoms with Gasteiger partial charge in [0.1, 0.15) is 0 Å². The highest BCUT2D eigenvalue weighted by Gasteiger charge is 2.14. The Morgan fingerprint density at radius 2 is 2.23 bits per heavy atom. The van der Waals surface area contributed by atoms with E-state index in [-0.39, 0.29) is 5.91 Å². The number of hydrogen-bond donors (Lipinski definition) is 0. The van der Waals surface area contributed by atoms with Gasteiger partial charge in [-0.25, -0.2) is 0 Å².